The molecule has 0 N–H and O–H groups in total. The topological polar surface area (TPSA) is 13.0 Å². The van der Waals surface area contributed by atoms with Crippen molar-refractivity contribution in [3.63, 3.8) is 0 Å². The van der Waals surface area contributed by atoms with Crippen molar-refractivity contribution in [3.8, 4) is 35.5 Å². The largest absolute Gasteiger partial charge is 0.378 e. The molecule has 0 bridgehead atoms. The van der Waals surface area contributed by atoms with E-state index in [0.717, 1.165) is 73.0 Å². The zero-order chi connectivity index (χ0) is 41.2. The highest BCUT2D eigenvalue weighted by Gasteiger charge is 2.18. The van der Waals surface area contributed by atoms with E-state index >= 15 is 0 Å². The Hall–Kier alpha value is -7.32. The van der Waals surface area contributed by atoms with Crippen LogP contribution in [-0.2, 0) is 6.42 Å². The van der Waals surface area contributed by atoms with Crippen LogP contribution in [0, 0.1) is 35.5 Å². The molecule has 288 valence electrons. The van der Waals surface area contributed by atoms with Gasteiger partial charge in [0, 0.05) is 113 Å². The van der Waals surface area contributed by atoms with Crippen LogP contribution >= 0.6 is 0 Å². The summed E-state index contributed by atoms with van der Waals surface area (Å²) in [5.41, 5.74) is 12.9. The Balaban J connectivity index is 1.36. The van der Waals surface area contributed by atoms with E-state index in [1.165, 1.54) is 33.0 Å². The Morgan fingerprint density at radius 1 is 0.322 bits per heavy atom. The van der Waals surface area contributed by atoms with Gasteiger partial charge in [-0.2, -0.15) is 0 Å². The molecule has 8 aromatic carbocycles. The lowest BCUT2D eigenvalue weighted by Crippen LogP contribution is -2.08. The number of benzene rings is 8. The molecule has 0 unspecified atom stereocenters. The summed E-state index contributed by atoms with van der Waals surface area (Å²) in [5.74, 6) is 21.3. The maximum absolute atomic E-state index is 3.63. The minimum atomic E-state index is 0.777. The van der Waals surface area contributed by atoms with E-state index in [2.05, 4.69) is 245 Å². The maximum Gasteiger partial charge on any atom is 0.0361 e. The molecule has 59 heavy (non-hydrogen) atoms. The van der Waals surface area contributed by atoms with Gasteiger partial charge in [0.1, 0.15) is 0 Å². The van der Waals surface area contributed by atoms with Crippen LogP contribution in [0.4, 0.5) is 22.7 Å². The SMILES string of the molecule is CN(C)c1ccc(C#Cc2cc(C#Cc3ccc(N(C)C)cc3)c3ccc4c(Cc5ccc(N(C)C)cc5)cc(C#Cc5ccc(N(C)C)cc5)c5ccc2c3c54)cc1. The summed E-state index contributed by atoms with van der Waals surface area (Å²) in [6.07, 6.45) is 0.777. The Morgan fingerprint density at radius 2 is 0.627 bits per heavy atom. The van der Waals surface area contributed by atoms with Crippen molar-refractivity contribution < 1.29 is 0 Å². The Bertz CT molecular complexity index is 2900. The standard InChI is InChI=1S/C55H48N4/c1-56(2)46-23-12-38(13-24-46)9-20-42-36-43(21-10-39-14-25-47(26-15-39)57(3)4)51-33-34-53-45(35-41-18-29-49(30-19-41)59(7)8)37-44(52-32-31-50(42)54(51)55(52)53)22-11-40-16-27-48(28-17-40)58(5)6/h12-19,23-34,36-37H,35H2,1-8H3. The molecule has 0 aromatic heterocycles. The van der Waals surface area contributed by atoms with Gasteiger partial charge in [0.05, 0.1) is 0 Å². The van der Waals surface area contributed by atoms with Gasteiger partial charge in [-0.3, -0.25) is 0 Å². The fourth-order valence-electron chi connectivity index (χ4n) is 7.60. The predicted molar refractivity (Wildman–Crippen MR) is 254 cm³/mol. The lowest BCUT2D eigenvalue weighted by molar-refractivity contribution is 1.12. The van der Waals surface area contributed by atoms with Crippen LogP contribution in [0.2, 0.25) is 0 Å². The average molecular weight is 765 g/mol. The zero-order valence-corrected chi connectivity index (χ0v) is 35.2. The first-order valence-corrected chi connectivity index (χ1v) is 19.9. The molecule has 0 aliphatic carbocycles. The van der Waals surface area contributed by atoms with Crippen molar-refractivity contribution in [1.29, 1.82) is 0 Å². The molecular formula is C55H48N4. The minimum Gasteiger partial charge on any atom is -0.378 e. The predicted octanol–water partition coefficient (Wildman–Crippen LogP) is 10.6. The van der Waals surface area contributed by atoms with E-state index in [9.17, 15) is 0 Å². The molecule has 8 rings (SSSR count). The lowest BCUT2D eigenvalue weighted by atomic mass is 9.85. The second-order valence-corrected chi connectivity index (χ2v) is 15.9. The maximum atomic E-state index is 3.63. The van der Waals surface area contributed by atoms with Gasteiger partial charge in [-0.25, -0.2) is 0 Å². The van der Waals surface area contributed by atoms with Gasteiger partial charge in [0.25, 0.3) is 0 Å². The van der Waals surface area contributed by atoms with Crippen LogP contribution < -0.4 is 19.6 Å². The molecule has 0 saturated heterocycles. The fourth-order valence-corrected chi connectivity index (χ4v) is 7.60. The molecule has 0 fully saturated rings. The molecule has 0 saturated carbocycles. The summed E-state index contributed by atoms with van der Waals surface area (Å²) in [7, 11) is 16.5. The number of hydrogen-bond acceptors (Lipinski definition) is 4. The summed E-state index contributed by atoms with van der Waals surface area (Å²) in [6, 6.07) is 47.6. The lowest BCUT2D eigenvalue weighted by Gasteiger charge is -2.18. The molecule has 0 aliphatic heterocycles. The van der Waals surface area contributed by atoms with Crippen molar-refractivity contribution in [2.24, 2.45) is 0 Å². The van der Waals surface area contributed by atoms with Crippen molar-refractivity contribution in [1.82, 2.24) is 0 Å². The molecule has 0 atom stereocenters. The fraction of sp³-hybridized carbons (Fsp3) is 0.164. The van der Waals surface area contributed by atoms with Crippen LogP contribution in [0.25, 0.3) is 32.3 Å². The van der Waals surface area contributed by atoms with Gasteiger partial charge in [0.15, 0.2) is 0 Å². The van der Waals surface area contributed by atoms with E-state index in [1.807, 2.05) is 0 Å². The summed E-state index contributed by atoms with van der Waals surface area (Å²) in [6.45, 7) is 0. The van der Waals surface area contributed by atoms with E-state index in [1.54, 1.807) is 0 Å². The van der Waals surface area contributed by atoms with Crippen molar-refractivity contribution in [3.05, 3.63) is 178 Å². The first-order chi connectivity index (χ1) is 28.5. The van der Waals surface area contributed by atoms with E-state index < -0.39 is 0 Å². The van der Waals surface area contributed by atoms with Crippen LogP contribution in [0.1, 0.15) is 44.5 Å². The smallest absolute Gasteiger partial charge is 0.0361 e. The normalized spacial score (nSPS) is 10.7. The number of hydrogen-bond donors (Lipinski definition) is 0. The van der Waals surface area contributed by atoms with Crippen LogP contribution in [-0.4, -0.2) is 56.4 Å². The number of rotatable bonds is 6. The summed E-state index contributed by atoms with van der Waals surface area (Å²) >= 11 is 0. The van der Waals surface area contributed by atoms with Gasteiger partial charge in [-0.1, -0.05) is 71.9 Å². The highest BCUT2D eigenvalue weighted by Crippen LogP contribution is 2.41. The third-order valence-corrected chi connectivity index (χ3v) is 11.0. The summed E-state index contributed by atoms with van der Waals surface area (Å²) < 4.78 is 0. The average Bonchev–Trinajstić information content (AvgIpc) is 3.24. The van der Waals surface area contributed by atoms with E-state index in [-0.39, 0.29) is 0 Å². The van der Waals surface area contributed by atoms with Crippen LogP contribution in [0.3, 0.4) is 0 Å². The molecule has 0 radical (unpaired) electrons. The van der Waals surface area contributed by atoms with Gasteiger partial charge in [-0.05, 0) is 147 Å². The summed E-state index contributed by atoms with van der Waals surface area (Å²) in [4.78, 5) is 8.44. The zero-order valence-electron chi connectivity index (χ0n) is 35.2. The summed E-state index contributed by atoms with van der Waals surface area (Å²) in [5, 5.41) is 6.95. The second kappa shape index (κ2) is 16.3. The van der Waals surface area contributed by atoms with Crippen molar-refractivity contribution >= 4 is 55.1 Å². The van der Waals surface area contributed by atoms with Crippen LogP contribution in [0.15, 0.2) is 133 Å². The van der Waals surface area contributed by atoms with E-state index in [0.29, 0.717) is 0 Å². The molecule has 0 amide bonds. The van der Waals surface area contributed by atoms with Gasteiger partial charge in [0.2, 0.25) is 0 Å². The Labute approximate surface area is 349 Å². The molecule has 4 nitrogen and oxygen atoms in total. The highest BCUT2D eigenvalue weighted by molar-refractivity contribution is 6.26. The first kappa shape index (κ1) is 38.5. The quantitative estimate of drug-likeness (QED) is 0.123. The number of nitrogens with zero attached hydrogens (tertiary/aromatic N) is 4. The molecule has 0 aliphatic rings. The second-order valence-electron chi connectivity index (χ2n) is 15.9. The molecular weight excluding hydrogens is 717 g/mol. The van der Waals surface area contributed by atoms with Crippen molar-refractivity contribution in [2.45, 2.75) is 6.42 Å². The third kappa shape index (κ3) is 8.11. The van der Waals surface area contributed by atoms with Gasteiger partial charge >= 0.3 is 0 Å². The van der Waals surface area contributed by atoms with Crippen LogP contribution in [0.5, 0.6) is 0 Å². The monoisotopic (exact) mass is 764 g/mol. The minimum absolute atomic E-state index is 0.777. The van der Waals surface area contributed by atoms with Gasteiger partial charge in [-0.15, -0.1) is 0 Å². The third-order valence-electron chi connectivity index (χ3n) is 11.0. The van der Waals surface area contributed by atoms with Crippen molar-refractivity contribution in [2.75, 3.05) is 76.0 Å². The van der Waals surface area contributed by atoms with E-state index in [4.69, 9.17) is 0 Å². The molecule has 4 heteroatoms. The Morgan fingerprint density at radius 3 is 0.983 bits per heavy atom. The number of anilines is 4. The molecule has 0 spiro atoms. The first-order valence-electron chi connectivity index (χ1n) is 19.9. The molecule has 8 aromatic rings. The Kier molecular flexibility index (Phi) is 10.6. The molecule has 0 heterocycles. The van der Waals surface area contributed by atoms with Gasteiger partial charge < -0.3 is 19.6 Å². The highest BCUT2D eigenvalue weighted by atomic mass is 15.1.